The molecule has 1 atom stereocenters. The molecule has 0 saturated carbocycles. The Labute approximate surface area is 94.1 Å². The van der Waals surface area contributed by atoms with Gasteiger partial charge in [-0.2, -0.15) is 0 Å². The van der Waals surface area contributed by atoms with Gasteiger partial charge in [-0.1, -0.05) is 18.7 Å². The summed E-state index contributed by atoms with van der Waals surface area (Å²) in [4.78, 5) is 0. The molecule has 1 heterocycles. The van der Waals surface area contributed by atoms with Gasteiger partial charge in [0.2, 0.25) is 0 Å². The Morgan fingerprint density at radius 3 is 2.87 bits per heavy atom. The number of aromatic nitrogens is 3. The number of hydrogen-bond acceptors (Lipinski definition) is 5. The highest BCUT2D eigenvalue weighted by molar-refractivity contribution is 7.99. The van der Waals surface area contributed by atoms with Crippen LogP contribution in [0.1, 0.15) is 12.7 Å². The second kappa shape index (κ2) is 6.09. The number of aliphatic hydroxyl groups is 1. The summed E-state index contributed by atoms with van der Waals surface area (Å²) in [7, 11) is 0. The molecule has 3 N–H and O–H groups in total. The first-order valence-electron chi connectivity index (χ1n) is 5.02. The first-order valence-corrected chi connectivity index (χ1v) is 6.01. The highest BCUT2D eigenvalue weighted by Gasteiger charge is 2.10. The molecule has 0 spiro atoms. The van der Waals surface area contributed by atoms with Gasteiger partial charge in [-0.05, 0) is 12.8 Å². The van der Waals surface area contributed by atoms with Crippen LogP contribution in [0.15, 0.2) is 5.16 Å². The van der Waals surface area contributed by atoms with E-state index in [1.165, 1.54) is 0 Å². The van der Waals surface area contributed by atoms with E-state index in [1.54, 1.807) is 11.8 Å². The van der Waals surface area contributed by atoms with Gasteiger partial charge in [0.15, 0.2) is 5.16 Å². The maximum Gasteiger partial charge on any atom is 0.191 e. The molecule has 0 bridgehead atoms. The smallest absolute Gasteiger partial charge is 0.191 e. The summed E-state index contributed by atoms with van der Waals surface area (Å²) in [5.41, 5.74) is 5.51. The Morgan fingerprint density at radius 2 is 2.27 bits per heavy atom. The van der Waals surface area contributed by atoms with E-state index >= 15 is 0 Å². The molecule has 0 aromatic carbocycles. The number of aliphatic hydroxyl groups excluding tert-OH is 1. The molecule has 1 unspecified atom stereocenters. The van der Waals surface area contributed by atoms with E-state index in [1.807, 2.05) is 18.4 Å². The second-order valence-electron chi connectivity index (χ2n) is 3.57. The van der Waals surface area contributed by atoms with Crippen molar-refractivity contribution in [2.75, 3.05) is 18.9 Å². The van der Waals surface area contributed by atoms with Crippen LogP contribution < -0.4 is 5.73 Å². The quantitative estimate of drug-likeness (QED) is 0.686. The van der Waals surface area contributed by atoms with Gasteiger partial charge in [0.05, 0.1) is 0 Å². The summed E-state index contributed by atoms with van der Waals surface area (Å²) < 4.78 is 2.01. The van der Waals surface area contributed by atoms with Gasteiger partial charge in [0, 0.05) is 25.4 Å². The van der Waals surface area contributed by atoms with Crippen molar-refractivity contribution in [3.8, 4) is 0 Å². The number of nitrogens with zero attached hydrogens (tertiary/aromatic N) is 3. The van der Waals surface area contributed by atoms with Gasteiger partial charge >= 0.3 is 0 Å². The van der Waals surface area contributed by atoms with E-state index in [2.05, 4.69) is 10.2 Å². The molecule has 6 heteroatoms. The highest BCUT2D eigenvalue weighted by Crippen LogP contribution is 2.19. The number of nitrogens with two attached hydrogens (primary N) is 1. The standard InChI is InChI=1S/C9H18N4OS/c1-7(5-14)6-15-9-12-11-8(2)13(9)4-3-10/h7,14H,3-6,10H2,1-2H3. The SMILES string of the molecule is Cc1nnc(SCC(C)CO)n1CCN. The fourth-order valence-electron chi connectivity index (χ4n) is 1.12. The zero-order valence-corrected chi connectivity index (χ0v) is 10.00. The molecule has 0 aliphatic carbocycles. The lowest BCUT2D eigenvalue weighted by Crippen LogP contribution is -2.13. The lowest BCUT2D eigenvalue weighted by atomic mass is 10.2. The third kappa shape index (κ3) is 3.48. The zero-order chi connectivity index (χ0) is 11.3. The van der Waals surface area contributed by atoms with Crippen molar-refractivity contribution in [1.29, 1.82) is 0 Å². The fraction of sp³-hybridized carbons (Fsp3) is 0.778. The maximum absolute atomic E-state index is 8.91. The Balaban J connectivity index is 2.60. The van der Waals surface area contributed by atoms with Crippen LogP contribution in [0, 0.1) is 12.8 Å². The molecule has 1 rings (SSSR count). The highest BCUT2D eigenvalue weighted by atomic mass is 32.2. The lowest BCUT2D eigenvalue weighted by Gasteiger charge is -2.08. The monoisotopic (exact) mass is 230 g/mol. The van der Waals surface area contributed by atoms with Crippen molar-refractivity contribution in [3.63, 3.8) is 0 Å². The van der Waals surface area contributed by atoms with Crippen LogP contribution in [0.5, 0.6) is 0 Å². The fourth-order valence-corrected chi connectivity index (χ4v) is 2.14. The molecule has 15 heavy (non-hydrogen) atoms. The Bertz CT molecular complexity index is 302. The summed E-state index contributed by atoms with van der Waals surface area (Å²) in [5, 5.41) is 17.9. The van der Waals surface area contributed by atoms with E-state index in [9.17, 15) is 0 Å². The molecule has 0 fully saturated rings. The van der Waals surface area contributed by atoms with Crippen molar-refractivity contribution >= 4 is 11.8 Å². The van der Waals surface area contributed by atoms with Crippen molar-refractivity contribution in [3.05, 3.63) is 5.82 Å². The Kier molecular flexibility index (Phi) is 5.07. The van der Waals surface area contributed by atoms with Crippen molar-refractivity contribution in [2.24, 2.45) is 11.7 Å². The minimum Gasteiger partial charge on any atom is -0.396 e. The molecular formula is C9H18N4OS. The van der Waals surface area contributed by atoms with Gasteiger partial charge in [-0.15, -0.1) is 10.2 Å². The van der Waals surface area contributed by atoms with Crippen molar-refractivity contribution in [1.82, 2.24) is 14.8 Å². The second-order valence-corrected chi connectivity index (χ2v) is 4.56. The summed E-state index contributed by atoms with van der Waals surface area (Å²) in [6.07, 6.45) is 0. The van der Waals surface area contributed by atoms with Crippen LogP contribution in [-0.4, -0.2) is 38.8 Å². The summed E-state index contributed by atoms with van der Waals surface area (Å²) >= 11 is 1.61. The summed E-state index contributed by atoms with van der Waals surface area (Å²) in [5.74, 6) is 2.01. The average Bonchev–Trinajstić information content (AvgIpc) is 2.58. The van der Waals surface area contributed by atoms with Gasteiger partial charge in [0.1, 0.15) is 5.82 Å². The lowest BCUT2D eigenvalue weighted by molar-refractivity contribution is 0.250. The molecule has 0 aliphatic heterocycles. The molecule has 0 saturated heterocycles. The number of aryl methyl sites for hydroxylation is 1. The van der Waals surface area contributed by atoms with Gasteiger partial charge in [-0.25, -0.2) is 0 Å². The molecule has 1 aromatic heterocycles. The summed E-state index contributed by atoms with van der Waals surface area (Å²) in [6, 6.07) is 0. The van der Waals surface area contributed by atoms with Crippen LogP contribution >= 0.6 is 11.8 Å². The first-order chi connectivity index (χ1) is 7.19. The summed E-state index contributed by atoms with van der Waals surface area (Å²) in [6.45, 7) is 5.46. The molecule has 0 amide bonds. The number of hydrogen-bond donors (Lipinski definition) is 2. The molecular weight excluding hydrogens is 212 g/mol. The van der Waals surface area contributed by atoms with Crippen molar-refractivity contribution < 1.29 is 5.11 Å². The largest absolute Gasteiger partial charge is 0.396 e. The third-order valence-corrected chi connectivity index (χ3v) is 3.36. The van der Waals surface area contributed by atoms with E-state index in [-0.39, 0.29) is 12.5 Å². The van der Waals surface area contributed by atoms with Crippen LogP contribution in [0.25, 0.3) is 0 Å². The number of rotatable bonds is 6. The van der Waals surface area contributed by atoms with Gasteiger partial charge in [0.25, 0.3) is 0 Å². The minimum atomic E-state index is 0.205. The first kappa shape index (κ1) is 12.5. The molecule has 0 aliphatic rings. The maximum atomic E-state index is 8.91. The predicted molar refractivity (Wildman–Crippen MR) is 60.8 cm³/mol. The van der Waals surface area contributed by atoms with Crippen LogP contribution in [0.4, 0.5) is 0 Å². The molecule has 0 radical (unpaired) electrons. The average molecular weight is 230 g/mol. The van der Waals surface area contributed by atoms with E-state index in [4.69, 9.17) is 10.8 Å². The van der Waals surface area contributed by atoms with Crippen LogP contribution in [-0.2, 0) is 6.54 Å². The Hall–Kier alpha value is -0.590. The van der Waals surface area contributed by atoms with Gasteiger partial charge < -0.3 is 15.4 Å². The predicted octanol–water partition coefficient (Wildman–Crippen LogP) is 0.266. The van der Waals surface area contributed by atoms with Gasteiger partial charge in [-0.3, -0.25) is 0 Å². The van der Waals surface area contributed by atoms with Crippen LogP contribution in [0.3, 0.4) is 0 Å². The molecule has 1 aromatic rings. The Morgan fingerprint density at radius 1 is 1.53 bits per heavy atom. The van der Waals surface area contributed by atoms with Crippen molar-refractivity contribution in [2.45, 2.75) is 25.5 Å². The molecule has 86 valence electrons. The third-order valence-electron chi connectivity index (χ3n) is 2.06. The topological polar surface area (TPSA) is 77.0 Å². The molecule has 5 nitrogen and oxygen atoms in total. The zero-order valence-electron chi connectivity index (χ0n) is 9.18. The van der Waals surface area contributed by atoms with Crippen LogP contribution in [0.2, 0.25) is 0 Å². The van der Waals surface area contributed by atoms with E-state index in [0.717, 1.165) is 23.3 Å². The van der Waals surface area contributed by atoms with E-state index in [0.29, 0.717) is 6.54 Å². The van der Waals surface area contributed by atoms with E-state index < -0.39 is 0 Å². The normalized spacial score (nSPS) is 13.1. The number of thioether (sulfide) groups is 1. The minimum absolute atomic E-state index is 0.205.